The maximum atomic E-state index is 11.2. The Labute approximate surface area is 96.4 Å². The first kappa shape index (κ1) is 10.9. The Bertz CT molecular complexity index is 370. The molecule has 1 aliphatic rings. The van der Waals surface area contributed by atoms with Gasteiger partial charge in [0, 0.05) is 12.5 Å². The van der Waals surface area contributed by atoms with Crippen LogP contribution >= 0.6 is 0 Å². The molecule has 16 heavy (non-hydrogen) atoms. The summed E-state index contributed by atoms with van der Waals surface area (Å²) in [5.74, 6) is 0.198. The van der Waals surface area contributed by atoms with Crippen molar-refractivity contribution < 1.29 is 4.79 Å². The van der Waals surface area contributed by atoms with Crippen molar-refractivity contribution >= 4 is 12.0 Å². The highest BCUT2D eigenvalue weighted by molar-refractivity contribution is 5.76. The lowest BCUT2D eigenvalue weighted by Crippen LogP contribution is -2.38. The molecule has 1 unspecified atom stereocenters. The number of hydrogen-bond acceptors (Lipinski definition) is 1. The van der Waals surface area contributed by atoms with Gasteiger partial charge in [-0.3, -0.25) is 4.79 Å². The van der Waals surface area contributed by atoms with E-state index >= 15 is 0 Å². The van der Waals surface area contributed by atoms with E-state index in [1.165, 1.54) is 5.56 Å². The number of carbonyl (C=O) groups excluding carboxylic acids is 1. The van der Waals surface area contributed by atoms with Crippen LogP contribution < -0.4 is 5.32 Å². The van der Waals surface area contributed by atoms with Crippen LogP contribution in [0.15, 0.2) is 36.4 Å². The molecule has 2 rings (SSSR count). The fraction of sp³-hybridized carbons (Fsp3) is 0.357. The second-order valence-corrected chi connectivity index (χ2v) is 4.21. The van der Waals surface area contributed by atoms with Crippen LogP contribution in [0.1, 0.15) is 31.2 Å². The van der Waals surface area contributed by atoms with Crippen molar-refractivity contribution in [2.45, 2.75) is 31.7 Å². The molecule has 1 N–H and O–H groups in total. The maximum absolute atomic E-state index is 11.2. The van der Waals surface area contributed by atoms with E-state index in [1.54, 1.807) is 0 Å². The topological polar surface area (TPSA) is 29.1 Å². The smallest absolute Gasteiger partial charge is 0.220 e. The number of piperidine rings is 1. The minimum Gasteiger partial charge on any atom is -0.353 e. The van der Waals surface area contributed by atoms with Gasteiger partial charge >= 0.3 is 0 Å². The Balaban J connectivity index is 1.83. The molecule has 1 aliphatic heterocycles. The summed E-state index contributed by atoms with van der Waals surface area (Å²) in [6.45, 7) is 0. The molecule has 0 aromatic heterocycles. The zero-order valence-electron chi connectivity index (χ0n) is 9.36. The minimum atomic E-state index is 0.198. The molecule has 1 aromatic rings. The highest BCUT2D eigenvalue weighted by Crippen LogP contribution is 2.12. The summed E-state index contributed by atoms with van der Waals surface area (Å²) in [5.41, 5.74) is 1.21. The van der Waals surface area contributed by atoms with E-state index in [-0.39, 0.29) is 5.91 Å². The third-order valence-corrected chi connectivity index (χ3v) is 2.85. The highest BCUT2D eigenvalue weighted by Gasteiger charge is 2.16. The molecule has 0 bridgehead atoms. The Morgan fingerprint density at radius 2 is 2.12 bits per heavy atom. The van der Waals surface area contributed by atoms with Gasteiger partial charge in [0.25, 0.3) is 0 Å². The molecule has 0 saturated carbocycles. The van der Waals surface area contributed by atoms with Gasteiger partial charge in [0.1, 0.15) is 0 Å². The molecule has 1 atom stereocenters. The lowest BCUT2D eigenvalue weighted by Gasteiger charge is -2.21. The second-order valence-electron chi connectivity index (χ2n) is 4.21. The fourth-order valence-corrected chi connectivity index (χ4v) is 1.99. The molecule has 0 radical (unpaired) electrons. The van der Waals surface area contributed by atoms with Crippen LogP contribution in [0.5, 0.6) is 0 Å². The minimum absolute atomic E-state index is 0.198. The summed E-state index contributed by atoms with van der Waals surface area (Å²) in [4.78, 5) is 11.2. The van der Waals surface area contributed by atoms with Crippen LogP contribution in [-0.2, 0) is 4.79 Å². The number of rotatable bonds is 3. The third-order valence-electron chi connectivity index (χ3n) is 2.85. The molecule has 1 amide bonds. The summed E-state index contributed by atoms with van der Waals surface area (Å²) < 4.78 is 0. The molecule has 1 aromatic carbocycles. The normalized spacial score (nSPS) is 21.0. The standard InChI is InChI=1S/C14H17NO/c16-14-11-5-10-13(15-14)9-4-8-12-6-2-1-3-7-12/h1-4,6-8,13H,5,9-11H2,(H,15,16)/b8-4+. The predicted molar refractivity (Wildman–Crippen MR) is 65.9 cm³/mol. The van der Waals surface area contributed by atoms with Gasteiger partial charge < -0.3 is 5.32 Å². The molecular formula is C14H17NO. The molecule has 1 heterocycles. The van der Waals surface area contributed by atoms with Crippen molar-refractivity contribution in [3.8, 4) is 0 Å². The lowest BCUT2D eigenvalue weighted by molar-refractivity contribution is -0.123. The quantitative estimate of drug-likeness (QED) is 0.825. The molecule has 1 fully saturated rings. The van der Waals surface area contributed by atoms with Gasteiger partial charge in [-0.25, -0.2) is 0 Å². The zero-order valence-corrected chi connectivity index (χ0v) is 9.36. The SMILES string of the molecule is O=C1CCCC(C/C=C/c2ccccc2)N1. The molecular weight excluding hydrogens is 198 g/mol. The van der Waals surface area contributed by atoms with Crippen LogP contribution in [0.2, 0.25) is 0 Å². The maximum Gasteiger partial charge on any atom is 0.220 e. The first-order valence-corrected chi connectivity index (χ1v) is 5.85. The van der Waals surface area contributed by atoms with Gasteiger partial charge in [-0.1, -0.05) is 42.5 Å². The molecule has 2 nitrogen and oxygen atoms in total. The van der Waals surface area contributed by atoms with E-state index in [0.29, 0.717) is 12.5 Å². The van der Waals surface area contributed by atoms with Crippen molar-refractivity contribution in [1.29, 1.82) is 0 Å². The number of nitrogens with one attached hydrogen (secondary N) is 1. The summed E-state index contributed by atoms with van der Waals surface area (Å²) in [6, 6.07) is 10.6. The van der Waals surface area contributed by atoms with Gasteiger partial charge in [-0.15, -0.1) is 0 Å². The first-order chi connectivity index (χ1) is 7.84. The number of carbonyl (C=O) groups is 1. The number of hydrogen-bond donors (Lipinski definition) is 1. The number of benzene rings is 1. The van der Waals surface area contributed by atoms with Gasteiger partial charge in [0.15, 0.2) is 0 Å². The Kier molecular flexibility index (Phi) is 3.76. The van der Waals surface area contributed by atoms with E-state index in [0.717, 1.165) is 19.3 Å². The molecule has 84 valence electrons. The number of amides is 1. The summed E-state index contributed by atoms with van der Waals surface area (Å²) >= 11 is 0. The Morgan fingerprint density at radius 1 is 1.31 bits per heavy atom. The van der Waals surface area contributed by atoms with E-state index in [9.17, 15) is 4.79 Å². The summed E-state index contributed by atoms with van der Waals surface area (Å²) in [6.07, 6.45) is 8.01. The second kappa shape index (κ2) is 5.50. The molecule has 0 aliphatic carbocycles. The van der Waals surface area contributed by atoms with Gasteiger partial charge in [0.2, 0.25) is 5.91 Å². The largest absolute Gasteiger partial charge is 0.353 e. The fourth-order valence-electron chi connectivity index (χ4n) is 1.99. The average molecular weight is 215 g/mol. The molecule has 0 spiro atoms. The van der Waals surface area contributed by atoms with E-state index in [2.05, 4.69) is 29.6 Å². The van der Waals surface area contributed by atoms with Crippen LogP contribution in [0, 0.1) is 0 Å². The van der Waals surface area contributed by atoms with Crippen molar-refractivity contribution in [2.75, 3.05) is 0 Å². The van der Waals surface area contributed by atoms with E-state index < -0.39 is 0 Å². The van der Waals surface area contributed by atoms with Gasteiger partial charge in [-0.2, -0.15) is 0 Å². The third kappa shape index (κ3) is 3.23. The monoisotopic (exact) mass is 215 g/mol. The Hall–Kier alpha value is -1.57. The van der Waals surface area contributed by atoms with Gasteiger partial charge in [0.05, 0.1) is 0 Å². The first-order valence-electron chi connectivity index (χ1n) is 5.85. The van der Waals surface area contributed by atoms with Crippen molar-refractivity contribution in [2.24, 2.45) is 0 Å². The van der Waals surface area contributed by atoms with Crippen LogP contribution in [0.4, 0.5) is 0 Å². The van der Waals surface area contributed by atoms with Gasteiger partial charge in [-0.05, 0) is 24.8 Å². The van der Waals surface area contributed by atoms with Crippen molar-refractivity contribution in [1.82, 2.24) is 5.32 Å². The van der Waals surface area contributed by atoms with Crippen LogP contribution in [0.3, 0.4) is 0 Å². The highest BCUT2D eigenvalue weighted by atomic mass is 16.1. The van der Waals surface area contributed by atoms with E-state index in [1.807, 2.05) is 18.2 Å². The summed E-state index contributed by atoms with van der Waals surface area (Å²) in [7, 11) is 0. The molecule has 1 saturated heterocycles. The summed E-state index contributed by atoms with van der Waals surface area (Å²) in [5, 5.41) is 3.01. The van der Waals surface area contributed by atoms with Crippen molar-refractivity contribution in [3.05, 3.63) is 42.0 Å². The van der Waals surface area contributed by atoms with Crippen molar-refractivity contribution in [3.63, 3.8) is 0 Å². The average Bonchev–Trinajstić information content (AvgIpc) is 2.30. The lowest BCUT2D eigenvalue weighted by atomic mass is 10.0. The van der Waals surface area contributed by atoms with E-state index in [4.69, 9.17) is 0 Å². The Morgan fingerprint density at radius 3 is 2.88 bits per heavy atom. The van der Waals surface area contributed by atoms with Crippen LogP contribution in [-0.4, -0.2) is 11.9 Å². The molecule has 2 heteroatoms. The van der Waals surface area contributed by atoms with Crippen LogP contribution in [0.25, 0.3) is 6.08 Å². The zero-order chi connectivity index (χ0) is 11.2. The predicted octanol–water partition coefficient (Wildman–Crippen LogP) is 2.76.